The highest BCUT2D eigenvalue weighted by atomic mass is 16.6. The number of nitro groups is 1. The molecule has 0 spiro atoms. The lowest BCUT2D eigenvalue weighted by Crippen LogP contribution is -2.06. The van der Waals surface area contributed by atoms with Crippen LogP contribution in [0.25, 0.3) is 11.3 Å². The first-order valence-electron chi connectivity index (χ1n) is 8.22. The Kier molecular flexibility index (Phi) is 5.49. The van der Waals surface area contributed by atoms with Crippen LogP contribution in [0.5, 0.6) is 17.2 Å². The predicted molar refractivity (Wildman–Crippen MR) is 97.5 cm³/mol. The maximum atomic E-state index is 12.0. The van der Waals surface area contributed by atoms with Crippen LogP contribution in [0.2, 0.25) is 0 Å². The normalized spacial score (nSPS) is 10.4. The van der Waals surface area contributed by atoms with E-state index in [1.165, 1.54) is 31.4 Å². The molecule has 0 aliphatic carbocycles. The van der Waals surface area contributed by atoms with Crippen molar-refractivity contribution in [1.82, 2.24) is 15.4 Å². The number of ether oxygens (including phenoxy) is 3. The van der Waals surface area contributed by atoms with Crippen molar-refractivity contribution in [3.8, 4) is 28.5 Å². The number of rotatable bonds is 7. The maximum absolute atomic E-state index is 12.0. The summed E-state index contributed by atoms with van der Waals surface area (Å²) < 4.78 is 16.1. The molecule has 0 radical (unpaired) electrons. The molecule has 1 heterocycles. The zero-order valence-electron chi connectivity index (χ0n) is 15.0. The Morgan fingerprint density at radius 2 is 1.89 bits per heavy atom. The van der Waals surface area contributed by atoms with Gasteiger partial charge >= 0.3 is 5.97 Å². The summed E-state index contributed by atoms with van der Waals surface area (Å²) in [6.45, 7) is 1.92. The third kappa shape index (κ3) is 3.90. The number of benzene rings is 2. The molecule has 0 unspecified atom stereocenters. The van der Waals surface area contributed by atoms with Crippen LogP contribution in [0, 0.1) is 10.1 Å². The van der Waals surface area contributed by atoms with E-state index in [1.807, 2.05) is 0 Å². The lowest BCUT2D eigenvalue weighted by Gasteiger charge is -2.11. The molecule has 10 heteroatoms. The summed E-state index contributed by atoms with van der Waals surface area (Å²) >= 11 is 0. The van der Waals surface area contributed by atoms with Gasteiger partial charge in [0.1, 0.15) is 11.4 Å². The molecule has 10 nitrogen and oxygen atoms in total. The number of esters is 1. The van der Waals surface area contributed by atoms with Crippen molar-refractivity contribution in [3.63, 3.8) is 0 Å². The maximum Gasteiger partial charge on any atom is 0.361 e. The zero-order valence-corrected chi connectivity index (χ0v) is 15.0. The highest BCUT2D eigenvalue weighted by Gasteiger charge is 2.20. The molecule has 0 amide bonds. The van der Waals surface area contributed by atoms with Crippen molar-refractivity contribution in [2.24, 2.45) is 0 Å². The van der Waals surface area contributed by atoms with E-state index in [9.17, 15) is 14.9 Å². The van der Waals surface area contributed by atoms with E-state index in [1.54, 1.807) is 25.1 Å². The van der Waals surface area contributed by atoms with Crippen LogP contribution in [-0.2, 0) is 4.74 Å². The van der Waals surface area contributed by atoms with Gasteiger partial charge in [0.25, 0.3) is 5.69 Å². The van der Waals surface area contributed by atoms with Crippen LogP contribution in [0.4, 0.5) is 5.69 Å². The van der Waals surface area contributed by atoms with Gasteiger partial charge in [-0.05, 0) is 37.3 Å². The number of non-ortho nitro benzene ring substituents is 1. The molecular formula is C18H16N4O6. The summed E-state index contributed by atoms with van der Waals surface area (Å²) in [5, 5.41) is 21.0. The highest BCUT2D eigenvalue weighted by Crippen LogP contribution is 2.36. The molecule has 3 aromatic rings. The van der Waals surface area contributed by atoms with Gasteiger partial charge in [-0.3, -0.25) is 10.1 Å². The summed E-state index contributed by atoms with van der Waals surface area (Å²) in [5.74, 6) is 0.594. The number of aromatic nitrogens is 3. The first kappa shape index (κ1) is 18.8. The first-order chi connectivity index (χ1) is 13.5. The van der Waals surface area contributed by atoms with Gasteiger partial charge in [-0.15, -0.1) is 5.10 Å². The van der Waals surface area contributed by atoms with E-state index in [0.717, 1.165) is 0 Å². The molecule has 0 fully saturated rings. The quantitative estimate of drug-likeness (QED) is 0.373. The minimum atomic E-state index is -0.587. The molecular weight excluding hydrogens is 368 g/mol. The molecule has 2 aromatic carbocycles. The Bertz CT molecular complexity index is 1000. The van der Waals surface area contributed by atoms with Crippen LogP contribution in [0.3, 0.4) is 0 Å². The van der Waals surface area contributed by atoms with Gasteiger partial charge in [0.2, 0.25) is 0 Å². The number of nitrogens with zero attached hydrogens (tertiary/aromatic N) is 3. The molecule has 1 N–H and O–H groups in total. The molecule has 0 bridgehead atoms. The van der Waals surface area contributed by atoms with Crippen molar-refractivity contribution in [1.29, 1.82) is 0 Å². The number of carbonyl (C=O) groups excluding carboxylic acids is 1. The lowest BCUT2D eigenvalue weighted by molar-refractivity contribution is -0.384. The smallest absolute Gasteiger partial charge is 0.361 e. The third-order valence-corrected chi connectivity index (χ3v) is 3.73. The second-order valence-electron chi connectivity index (χ2n) is 5.46. The fourth-order valence-corrected chi connectivity index (χ4v) is 2.44. The number of H-pyrrole nitrogens is 1. The van der Waals surface area contributed by atoms with Gasteiger partial charge in [-0.1, -0.05) is 0 Å². The van der Waals surface area contributed by atoms with Crippen molar-refractivity contribution < 1.29 is 23.9 Å². The van der Waals surface area contributed by atoms with Gasteiger partial charge in [0.05, 0.1) is 18.6 Å². The van der Waals surface area contributed by atoms with Gasteiger partial charge in [-0.25, -0.2) is 4.79 Å². The number of aromatic amines is 1. The van der Waals surface area contributed by atoms with E-state index < -0.39 is 10.9 Å². The minimum Gasteiger partial charge on any atom is -0.493 e. The monoisotopic (exact) mass is 384 g/mol. The standard InChI is InChI=1S/C18H16N4O6/c1-3-27-18(23)17-16(19-21-20-17)11-4-9-14(15(10-11)26-2)28-13-7-5-12(6-8-13)22(24)25/h4-10H,3H2,1-2H3,(H,19,20,21). The Labute approximate surface area is 159 Å². The van der Waals surface area contributed by atoms with E-state index in [2.05, 4.69) is 15.4 Å². The molecule has 0 aliphatic rings. The van der Waals surface area contributed by atoms with Crippen molar-refractivity contribution in [3.05, 3.63) is 58.3 Å². The highest BCUT2D eigenvalue weighted by molar-refractivity contribution is 5.94. The van der Waals surface area contributed by atoms with E-state index in [4.69, 9.17) is 14.2 Å². The topological polar surface area (TPSA) is 129 Å². The molecule has 3 rings (SSSR count). The number of methoxy groups -OCH3 is 1. The van der Waals surface area contributed by atoms with Gasteiger partial charge < -0.3 is 14.2 Å². The number of hydrogen-bond donors (Lipinski definition) is 1. The largest absolute Gasteiger partial charge is 0.493 e. The molecule has 0 saturated carbocycles. The third-order valence-electron chi connectivity index (χ3n) is 3.73. The first-order valence-corrected chi connectivity index (χ1v) is 8.22. The molecule has 0 saturated heterocycles. The number of nitrogens with one attached hydrogen (secondary N) is 1. The van der Waals surface area contributed by atoms with Crippen LogP contribution in [-0.4, -0.2) is 40.0 Å². The average Bonchev–Trinajstić information content (AvgIpc) is 3.19. The van der Waals surface area contributed by atoms with E-state index >= 15 is 0 Å². The number of hydrogen-bond acceptors (Lipinski definition) is 8. The van der Waals surface area contributed by atoms with E-state index in [-0.39, 0.29) is 18.0 Å². The summed E-state index contributed by atoms with van der Waals surface area (Å²) in [6.07, 6.45) is 0. The van der Waals surface area contributed by atoms with Crippen LogP contribution in [0.15, 0.2) is 42.5 Å². The summed E-state index contributed by atoms with van der Waals surface area (Å²) in [6, 6.07) is 10.6. The molecule has 28 heavy (non-hydrogen) atoms. The second kappa shape index (κ2) is 8.16. The predicted octanol–water partition coefficient (Wildman–Crippen LogP) is 3.36. The fourth-order valence-electron chi connectivity index (χ4n) is 2.44. The van der Waals surface area contributed by atoms with Crippen molar-refractivity contribution >= 4 is 11.7 Å². The Balaban J connectivity index is 1.88. The van der Waals surface area contributed by atoms with E-state index in [0.29, 0.717) is 28.5 Å². The Morgan fingerprint density at radius 1 is 1.14 bits per heavy atom. The fraction of sp³-hybridized carbons (Fsp3) is 0.167. The summed E-state index contributed by atoms with van der Waals surface area (Å²) in [7, 11) is 1.47. The van der Waals surface area contributed by atoms with Gasteiger partial charge in [-0.2, -0.15) is 10.3 Å². The Hall–Kier alpha value is -3.95. The lowest BCUT2D eigenvalue weighted by atomic mass is 10.1. The van der Waals surface area contributed by atoms with Gasteiger partial charge in [0.15, 0.2) is 17.2 Å². The average molecular weight is 384 g/mol. The zero-order chi connectivity index (χ0) is 20.1. The number of carbonyl (C=O) groups is 1. The van der Waals surface area contributed by atoms with Crippen LogP contribution >= 0.6 is 0 Å². The SMILES string of the molecule is CCOC(=O)c1n[nH]nc1-c1ccc(Oc2ccc([N+](=O)[O-])cc2)c(OC)c1. The van der Waals surface area contributed by atoms with Crippen molar-refractivity contribution in [2.45, 2.75) is 6.92 Å². The van der Waals surface area contributed by atoms with Crippen LogP contribution < -0.4 is 9.47 Å². The molecule has 144 valence electrons. The summed E-state index contributed by atoms with van der Waals surface area (Å²) in [5.41, 5.74) is 0.920. The minimum absolute atomic E-state index is 0.0350. The number of nitro benzene ring substituents is 1. The van der Waals surface area contributed by atoms with Crippen molar-refractivity contribution in [2.75, 3.05) is 13.7 Å². The van der Waals surface area contributed by atoms with Gasteiger partial charge in [0, 0.05) is 17.7 Å². The molecule has 1 aromatic heterocycles. The Morgan fingerprint density at radius 3 is 2.54 bits per heavy atom. The second-order valence-corrected chi connectivity index (χ2v) is 5.46. The summed E-state index contributed by atoms with van der Waals surface area (Å²) in [4.78, 5) is 22.2. The molecule has 0 aliphatic heterocycles. The van der Waals surface area contributed by atoms with Crippen LogP contribution in [0.1, 0.15) is 17.4 Å². The molecule has 0 atom stereocenters.